The number of aliphatic hydroxyl groups is 1. The third-order valence-electron chi connectivity index (χ3n) is 9.29. The number of allylic oxidation sites excluding steroid dienone is 2. The van der Waals surface area contributed by atoms with Gasteiger partial charge in [-0.1, -0.05) is 91.5 Å². The van der Waals surface area contributed by atoms with Crippen LogP contribution in [0.1, 0.15) is 93.6 Å². The predicted molar refractivity (Wildman–Crippen MR) is 173 cm³/mol. The van der Waals surface area contributed by atoms with Gasteiger partial charge >= 0.3 is 0 Å². The van der Waals surface area contributed by atoms with Gasteiger partial charge in [0, 0.05) is 48.1 Å². The molecule has 3 aromatic carbocycles. The Bertz CT molecular complexity index is 1740. The minimum absolute atomic E-state index is 0. The van der Waals surface area contributed by atoms with Crippen LogP contribution in [0.25, 0.3) is 32.9 Å². The van der Waals surface area contributed by atoms with Crippen molar-refractivity contribution < 1.29 is 47.6 Å². The monoisotopic (exact) mass is 816 g/mol. The van der Waals surface area contributed by atoms with Crippen molar-refractivity contribution in [1.29, 1.82) is 0 Å². The summed E-state index contributed by atoms with van der Waals surface area (Å²) in [6.07, 6.45) is 5.75. The number of carbonyl (C=O) groups is 1. The Hall–Kier alpha value is -3.16. The van der Waals surface area contributed by atoms with Crippen LogP contribution in [0.3, 0.4) is 0 Å². The summed E-state index contributed by atoms with van der Waals surface area (Å²) in [6.45, 7) is 18.1. The molecule has 0 aliphatic heterocycles. The molecule has 1 aromatic heterocycles. The Morgan fingerprint density at radius 2 is 1.37 bits per heavy atom. The van der Waals surface area contributed by atoms with Gasteiger partial charge in [-0.2, -0.15) is 0 Å². The molecular formula is C37H43F4IrN2O2-. The van der Waals surface area contributed by atoms with E-state index in [-0.39, 0.29) is 53.6 Å². The van der Waals surface area contributed by atoms with E-state index in [9.17, 15) is 27.5 Å². The summed E-state index contributed by atoms with van der Waals surface area (Å²) in [7, 11) is 0. The third kappa shape index (κ3) is 7.69. The molecule has 4 nitrogen and oxygen atoms in total. The quantitative estimate of drug-likeness (QED) is 0.0481. The Labute approximate surface area is 283 Å². The van der Waals surface area contributed by atoms with Gasteiger partial charge in [-0.3, -0.25) is 9.78 Å². The van der Waals surface area contributed by atoms with E-state index in [0.717, 1.165) is 48.3 Å². The van der Waals surface area contributed by atoms with Crippen LogP contribution < -0.4 is 0 Å². The standard InChI is InChI=1S/C22H15F4N2.C15H28O2.Ir/c1-22(2,3)14-9-12(8-11-6-4-5-7-13(11)14)20-15-16(23)17(24)18(25)19(26)21(15)28-10-27-20;1-7-14(5,8-2)12(16)11-13(17)15(6,9-3)10-4;/h4-7,9-10H,1-3H3;11,16H,7-10H2,1-6H3;/q-1;;/b;12-11-;. The fourth-order valence-corrected chi connectivity index (χ4v) is 5.03. The van der Waals surface area contributed by atoms with E-state index in [0.29, 0.717) is 5.56 Å². The number of carbonyl (C=O) groups excluding carboxylic acids is 1. The van der Waals surface area contributed by atoms with E-state index < -0.39 is 34.2 Å². The minimum Gasteiger partial charge on any atom is -0.512 e. The summed E-state index contributed by atoms with van der Waals surface area (Å²) < 4.78 is 56.2. The first-order valence-electron chi connectivity index (χ1n) is 15.4. The number of halogens is 4. The number of hydrogen-bond acceptors (Lipinski definition) is 4. The zero-order valence-electron chi connectivity index (χ0n) is 28.0. The normalized spacial score (nSPS) is 12.5. The molecule has 0 aliphatic carbocycles. The second-order valence-electron chi connectivity index (χ2n) is 13.0. The number of nitrogens with zero attached hydrogens (tertiary/aromatic N) is 2. The Balaban J connectivity index is 0.000000356. The van der Waals surface area contributed by atoms with Crippen molar-refractivity contribution in [1.82, 2.24) is 9.97 Å². The molecular weight excluding hydrogens is 773 g/mol. The summed E-state index contributed by atoms with van der Waals surface area (Å²) in [4.78, 5) is 19.8. The van der Waals surface area contributed by atoms with E-state index >= 15 is 0 Å². The van der Waals surface area contributed by atoms with Crippen LogP contribution in [0.4, 0.5) is 17.6 Å². The summed E-state index contributed by atoms with van der Waals surface area (Å²) in [5.41, 5.74) is -0.244. The molecule has 0 amide bonds. The molecule has 0 spiro atoms. The number of aliphatic hydroxyl groups excluding tert-OH is 1. The number of aromatic nitrogens is 2. The van der Waals surface area contributed by atoms with Crippen molar-refractivity contribution in [3.8, 4) is 11.3 Å². The van der Waals surface area contributed by atoms with Crippen LogP contribution in [0.5, 0.6) is 0 Å². The first-order chi connectivity index (χ1) is 21.0. The van der Waals surface area contributed by atoms with Crippen molar-refractivity contribution in [3.05, 3.63) is 83.4 Å². The molecule has 0 atom stereocenters. The number of rotatable bonds is 8. The van der Waals surface area contributed by atoms with E-state index in [1.54, 1.807) is 6.07 Å². The third-order valence-corrected chi connectivity index (χ3v) is 9.29. The SMILES string of the molecule is CC(C)(C)c1cc(-c2ncnc3c(F)c(F)c(F)c(F)c23)[c-]c2ccccc12.CCC(C)(CC)C(=O)/C=C(\O)C(C)(CC)CC.[Ir]. The molecule has 0 saturated heterocycles. The van der Waals surface area contributed by atoms with Crippen molar-refractivity contribution in [2.24, 2.45) is 10.8 Å². The molecule has 251 valence electrons. The first-order valence-corrected chi connectivity index (χ1v) is 15.4. The summed E-state index contributed by atoms with van der Waals surface area (Å²) in [5, 5.41) is 11.3. The summed E-state index contributed by atoms with van der Waals surface area (Å²) in [5.74, 6) is -6.57. The molecule has 9 heteroatoms. The zero-order chi connectivity index (χ0) is 33.9. The fourth-order valence-electron chi connectivity index (χ4n) is 5.03. The van der Waals surface area contributed by atoms with Crippen molar-refractivity contribution >= 4 is 27.5 Å². The number of benzene rings is 3. The van der Waals surface area contributed by atoms with Gasteiger partial charge in [0.25, 0.3) is 0 Å². The minimum atomic E-state index is -1.90. The van der Waals surface area contributed by atoms with Gasteiger partial charge in [-0.15, -0.1) is 29.1 Å². The van der Waals surface area contributed by atoms with Gasteiger partial charge < -0.3 is 5.11 Å². The molecule has 0 fully saturated rings. The van der Waals surface area contributed by atoms with Gasteiger partial charge in [0.1, 0.15) is 17.6 Å². The summed E-state index contributed by atoms with van der Waals surface area (Å²) >= 11 is 0. The molecule has 1 N–H and O–H groups in total. The largest absolute Gasteiger partial charge is 0.512 e. The number of hydrogen-bond donors (Lipinski definition) is 1. The van der Waals surface area contributed by atoms with Gasteiger partial charge in [0.2, 0.25) is 0 Å². The Morgan fingerprint density at radius 1 is 0.826 bits per heavy atom. The zero-order valence-corrected chi connectivity index (χ0v) is 30.4. The van der Waals surface area contributed by atoms with Crippen LogP contribution in [-0.4, -0.2) is 20.9 Å². The van der Waals surface area contributed by atoms with Crippen LogP contribution in [0.15, 0.2) is 48.5 Å². The van der Waals surface area contributed by atoms with Gasteiger partial charge in [-0.25, -0.2) is 22.5 Å². The van der Waals surface area contributed by atoms with E-state index in [4.69, 9.17) is 0 Å². The molecule has 1 heterocycles. The van der Waals surface area contributed by atoms with Crippen LogP contribution in [-0.2, 0) is 30.3 Å². The molecule has 0 saturated carbocycles. The molecule has 0 bridgehead atoms. The molecule has 1 radical (unpaired) electrons. The van der Waals surface area contributed by atoms with E-state index in [2.05, 4.69) is 16.0 Å². The number of ketones is 1. The van der Waals surface area contributed by atoms with Crippen molar-refractivity contribution in [2.45, 2.75) is 93.4 Å². The van der Waals surface area contributed by atoms with Crippen LogP contribution in [0.2, 0.25) is 0 Å². The molecule has 4 rings (SSSR count). The number of fused-ring (bicyclic) bond motifs is 2. The maximum atomic E-state index is 14.6. The van der Waals surface area contributed by atoms with Gasteiger partial charge in [-0.05, 0) is 31.1 Å². The van der Waals surface area contributed by atoms with Crippen molar-refractivity contribution in [2.75, 3.05) is 0 Å². The summed E-state index contributed by atoms with van der Waals surface area (Å²) in [6, 6.07) is 12.4. The van der Waals surface area contributed by atoms with Gasteiger partial charge in [0.15, 0.2) is 29.1 Å². The maximum absolute atomic E-state index is 14.6. The molecule has 46 heavy (non-hydrogen) atoms. The topological polar surface area (TPSA) is 63.1 Å². The molecule has 0 unspecified atom stereocenters. The fraction of sp³-hybridized carbons (Fsp3) is 0.432. The van der Waals surface area contributed by atoms with Crippen LogP contribution >= 0.6 is 0 Å². The first kappa shape index (κ1) is 39.0. The van der Waals surface area contributed by atoms with Gasteiger partial charge in [0.05, 0.1) is 0 Å². The average Bonchev–Trinajstić information content (AvgIpc) is 3.04. The second kappa shape index (κ2) is 15.2. The Morgan fingerprint density at radius 3 is 1.91 bits per heavy atom. The maximum Gasteiger partial charge on any atom is 0.199 e. The van der Waals surface area contributed by atoms with Crippen LogP contribution in [0, 0.1) is 40.2 Å². The average molecular weight is 816 g/mol. The molecule has 0 aliphatic rings. The Kier molecular flexibility index (Phi) is 12.9. The van der Waals surface area contributed by atoms with Crippen molar-refractivity contribution in [3.63, 3.8) is 0 Å². The van der Waals surface area contributed by atoms with E-state index in [1.807, 2.05) is 86.6 Å². The molecule has 4 aromatic rings. The smallest absolute Gasteiger partial charge is 0.199 e. The second-order valence-corrected chi connectivity index (χ2v) is 13.0. The van der Waals surface area contributed by atoms with E-state index in [1.165, 1.54) is 6.08 Å². The predicted octanol–water partition coefficient (Wildman–Crippen LogP) is 10.8.